The molecule has 1 aliphatic rings. The molecule has 3 aromatic rings. The summed E-state index contributed by atoms with van der Waals surface area (Å²) in [5.74, 6) is 0.0954. The van der Waals surface area contributed by atoms with Gasteiger partial charge in [-0.1, -0.05) is 52.3 Å². The minimum absolute atomic E-state index is 0.00697. The molecule has 6 nitrogen and oxygen atoms in total. The lowest BCUT2D eigenvalue weighted by atomic mass is 10.1. The van der Waals surface area contributed by atoms with Crippen molar-refractivity contribution < 1.29 is 14.3 Å². The van der Waals surface area contributed by atoms with Gasteiger partial charge in [0.05, 0.1) is 12.2 Å². The average Bonchev–Trinajstić information content (AvgIpc) is 3.40. The molecule has 0 aliphatic carbocycles. The number of amides is 2. The van der Waals surface area contributed by atoms with Crippen LogP contribution in [0.5, 0.6) is 5.75 Å². The molecule has 0 spiro atoms. The molecule has 180 valence electrons. The van der Waals surface area contributed by atoms with Crippen LogP contribution in [0.15, 0.2) is 77.3 Å². The van der Waals surface area contributed by atoms with Crippen LogP contribution in [-0.2, 0) is 6.42 Å². The first-order valence-electron chi connectivity index (χ1n) is 11.5. The van der Waals surface area contributed by atoms with Crippen molar-refractivity contribution in [2.24, 2.45) is 0 Å². The van der Waals surface area contributed by atoms with Gasteiger partial charge in [-0.05, 0) is 67.0 Å². The number of ether oxygens (including phenoxy) is 1. The predicted octanol–water partition coefficient (Wildman–Crippen LogP) is 5.43. The van der Waals surface area contributed by atoms with E-state index in [1.165, 1.54) is 0 Å². The van der Waals surface area contributed by atoms with Crippen LogP contribution in [0.3, 0.4) is 0 Å². The fourth-order valence-electron chi connectivity index (χ4n) is 3.89. The fourth-order valence-corrected chi connectivity index (χ4v) is 4.47. The summed E-state index contributed by atoms with van der Waals surface area (Å²) in [5, 5.41) is 5.85. The van der Waals surface area contributed by atoms with E-state index < -0.39 is 0 Å². The van der Waals surface area contributed by atoms with E-state index >= 15 is 0 Å². The quantitative estimate of drug-likeness (QED) is 0.383. The lowest BCUT2D eigenvalue weighted by Crippen LogP contribution is -2.34. The molecular formula is C27H26BrN3O3S. The standard InChI is InChI=1S/C27H26BrN3O3S/c28-21-11-12-24(34-16-13-19-7-2-1-3-8-19)23(18-21)25(32)30-27(35)29-22-10-6-9-20(17-22)26(33)31-14-4-5-15-31/h1-3,6-12,17-18H,4-5,13-16H2,(H2,29,30,32,35). The summed E-state index contributed by atoms with van der Waals surface area (Å²) >= 11 is 8.78. The first-order valence-corrected chi connectivity index (χ1v) is 12.7. The molecule has 1 heterocycles. The summed E-state index contributed by atoms with van der Waals surface area (Å²) in [4.78, 5) is 27.5. The van der Waals surface area contributed by atoms with Crippen LogP contribution in [0.4, 0.5) is 5.69 Å². The highest BCUT2D eigenvalue weighted by Gasteiger charge is 2.20. The van der Waals surface area contributed by atoms with Gasteiger partial charge in [-0.25, -0.2) is 0 Å². The van der Waals surface area contributed by atoms with Gasteiger partial charge in [-0.2, -0.15) is 0 Å². The van der Waals surface area contributed by atoms with Crippen LogP contribution in [0, 0.1) is 0 Å². The number of rotatable bonds is 7. The fraction of sp³-hybridized carbons (Fsp3) is 0.222. The third kappa shape index (κ3) is 6.90. The normalized spacial score (nSPS) is 12.8. The average molecular weight is 552 g/mol. The van der Waals surface area contributed by atoms with E-state index in [-0.39, 0.29) is 16.9 Å². The van der Waals surface area contributed by atoms with Crippen molar-refractivity contribution in [3.8, 4) is 5.75 Å². The zero-order valence-electron chi connectivity index (χ0n) is 19.1. The zero-order chi connectivity index (χ0) is 24.6. The Bertz CT molecular complexity index is 1210. The molecule has 2 amide bonds. The molecule has 1 fully saturated rings. The van der Waals surface area contributed by atoms with E-state index in [2.05, 4.69) is 26.6 Å². The maximum atomic E-state index is 13.0. The van der Waals surface area contributed by atoms with Crippen LogP contribution in [0.1, 0.15) is 39.1 Å². The first-order chi connectivity index (χ1) is 17.0. The van der Waals surface area contributed by atoms with Gasteiger partial charge in [-0.3, -0.25) is 14.9 Å². The summed E-state index contributed by atoms with van der Waals surface area (Å²) in [6, 6.07) is 22.4. The minimum atomic E-state index is -0.386. The van der Waals surface area contributed by atoms with Crippen LogP contribution in [0.25, 0.3) is 0 Å². The summed E-state index contributed by atoms with van der Waals surface area (Å²) < 4.78 is 6.68. The predicted molar refractivity (Wildman–Crippen MR) is 145 cm³/mol. The largest absolute Gasteiger partial charge is 0.492 e. The van der Waals surface area contributed by atoms with Crippen molar-refractivity contribution in [3.63, 3.8) is 0 Å². The van der Waals surface area contributed by atoms with Gasteiger partial charge in [0, 0.05) is 35.2 Å². The monoisotopic (exact) mass is 551 g/mol. The van der Waals surface area contributed by atoms with Gasteiger partial charge in [0.1, 0.15) is 5.75 Å². The number of halogens is 1. The lowest BCUT2D eigenvalue weighted by Gasteiger charge is -2.16. The zero-order valence-corrected chi connectivity index (χ0v) is 21.5. The highest BCUT2D eigenvalue weighted by Crippen LogP contribution is 2.24. The van der Waals surface area contributed by atoms with E-state index in [0.717, 1.165) is 42.4 Å². The molecular weight excluding hydrogens is 526 g/mol. The maximum Gasteiger partial charge on any atom is 0.261 e. The Morgan fingerprint density at radius 1 is 0.971 bits per heavy atom. The van der Waals surface area contributed by atoms with Crippen molar-refractivity contribution >= 4 is 50.8 Å². The second-order valence-electron chi connectivity index (χ2n) is 8.21. The SMILES string of the molecule is O=C(NC(=S)Nc1cccc(C(=O)N2CCCC2)c1)c1cc(Br)ccc1OCCc1ccccc1. The molecule has 0 aromatic heterocycles. The molecule has 1 saturated heterocycles. The van der Waals surface area contributed by atoms with Crippen LogP contribution in [0.2, 0.25) is 0 Å². The highest BCUT2D eigenvalue weighted by atomic mass is 79.9. The summed E-state index contributed by atoms with van der Waals surface area (Å²) in [5.41, 5.74) is 2.75. The molecule has 1 aliphatic heterocycles. The van der Waals surface area contributed by atoms with Crippen LogP contribution in [-0.4, -0.2) is 41.5 Å². The van der Waals surface area contributed by atoms with Gasteiger partial charge in [0.15, 0.2) is 5.11 Å². The first kappa shape index (κ1) is 24.9. The molecule has 0 unspecified atom stereocenters. The van der Waals surface area contributed by atoms with Crippen LogP contribution >= 0.6 is 28.1 Å². The van der Waals surface area contributed by atoms with Crippen molar-refractivity contribution in [1.82, 2.24) is 10.2 Å². The number of carbonyl (C=O) groups excluding carboxylic acids is 2. The Hall–Kier alpha value is -3.23. The Labute approximate surface area is 218 Å². The van der Waals surface area contributed by atoms with Gasteiger partial charge in [0.2, 0.25) is 0 Å². The second-order valence-corrected chi connectivity index (χ2v) is 9.54. The molecule has 4 rings (SSSR count). The number of anilines is 1. The number of nitrogens with zero attached hydrogens (tertiary/aromatic N) is 1. The number of thiocarbonyl (C=S) groups is 1. The Morgan fingerprint density at radius 3 is 2.51 bits per heavy atom. The van der Waals surface area contributed by atoms with Crippen molar-refractivity contribution in [1.29, 1.82) is 0 Å². The third-order valence-corrected chi connectivity index (χ3v) is 6.36. The molecule has 35 heavy (non-hydrogen) atoms. The Balaban J connectivity index is 1.37. The summed E-state index contributed by atoms with van der Waals surface area (Å²) in [6.07, 6.45) is 2.80. The smallest absolute Gasteiger partial charge is 0.261 e. The van der Waals surface area contributed by atoms with E-state index in [9.17, 15) is 9.59 Å². The van der Waals surface area contributed by atoms with Gasteiger partial charge in [-0.15, -0.1) is 0 Å². The van der Waals surface area contributed by atoms with Crippen molar-refractivity contribution in [2.45, 2.75) is 19.3 Å². The van der Waals surface area contributed by atoms with Gasteiger partial charge >= 0.3 is 0 Å². The number of hydrogen-bond acceptors (Lipinski definition) is 4. The van der Waals surface area contributed by atoms with Crippen LogP contribution < -0.4 is 15.4 Å². The second kappa shape index (κ2) is 12.0. The Morgan fingerprint density at radius 2 is 1.74 bits per heavy atom. The van der Waals surface area contributed by atoms with E-state index in [0.29, 0.717) is 29.2 Å². The number of benzene rings is 3. The Kier molecular flexibility index (Phi) is 8.50. The topological polar surface area (TPSA) is 70.7 Å². The molecule has 0 radical (unpaired) electrons. The van der Waals surface area contributed by atoms with E-state index in [1.807, 2.05) is 41.3 Å². The molecule has 0 saturated carbocycles. The molecule has 2 N–H and O–H groups in total. The maximum absolute atomic E-state index is 13.0. The number of nitrogens with one attached hydrogen (secondary N) is 2. The number of hydrogen-bond donors (Lipinski definition) is 2. The molecule has 0 bridgehead atoms. The van der Waals surface area contributed by atoms with Crippen molar-refractivity contribution in [3.05, 3.63) is 94.0 Å². The lowest BCUT2D eigenvalue weighted by molar-refractivity contribution is 0.0792. The van der Waals surface area contributed by atoms with E-state index in [4.69, 9.17) is 17.0 Å². The van der Waals surface area contributed by atoms with E-state index in [1.54, 1.807) is 36.4 Å². The summed E-state index contributed by atoms with van der Waals surface area (Å²) in [7, 11) is 0. The molecule has 8 heteroatoms. The third-order valence-electron chi connectivity index (χ3n) is 5.67. The number of likely N-dealkylation sites (tertiary alicyclic amines) is 1. The molecule has 3 aromatic carbocycles. The van der Waals surface area contributed by atoms with Crippen molar-refractivity contribution in [2.75, 3.05) is 25.0 Å². The van der Waals surface area contributed by atoms with Gasteiger partial charge < -0.3 is 15.0 Å². The van der Waals surface area contributed by atoms with Gasteiger partial charge in [0.25, 0.3) is 11.8 Å². The minimum Gasteiger partial charge on any atom is -0.492 e. The summed E-state index contributed by atoms with van der Waals surface area (Å²) in [6.45, 7) is 2.01. The number of carbonyl (C=O) groups is 2. The molecule has 0 atom stereocenters. The highest BCUT2D eigenvalue weighted by molar-refractivity contribution is 9.10.